The van der Waals surface area contributed by atoms with Gasteiger partial charge in [0.2, 0.25) is 0 Å². The molecule has 0 amide bonds. The smallest absolute Gasteiger partial charge is 0.133 e. The molecule has 0 aliphatic carbocycles. The number of hydrogen-bond donors (Lipinski definition) is 0. The summed E-state index contributed by atoms with van der Waals surface area (Å²) in [4.78, 5) is 10.8. The molecule has 4 nitrogen and oxygen atoms in total. The van der Waals surface area contributed by atoms with Gasteiger partial charge in [0.25, 0.3) is 0 Å². The van der Waals surface area contributed by atoms with Crippen LogP contribution in [0.15, 0.2) is 33.5 Å². The molecule has 0 fully saturated rings. The standard InChI is InChI=1S/C12H14BrN3O/c1-3-11-14-10(13)7-12(15-11)16(2)8-9-5-4-6-17-9/h4-7H,3,8H2,1-2H3. The van der Waals surface area contributed by atoms with Crippen LogP contribution in [-0.4, -0.2) is 17.0 Å². The monoisotopic (exact) mass is 295 g/mol. The van der Waals surface area contributed by atoms with Gasteiger partial charge in [-0.15, -0.1) is 0 Å². The van der Waals surface area contributed by atoms with E-state index in [2.05, 4.69) is 25.9 Å². The lowest BCUT2D eigenvalue weighted by Gasteiger charge is -2.17. The highest BCUT2D eigenvalue weighted by molar-refractivity contribution is 9.10. The van der Waals surface area contributed by atoms with Gasteiger partial charge < -0.3 is 9.32 Å². The zero-order chi connectivity index (χ0) is 12.3. The number of furan rings is 1. The summed E-state index contributed by atoms with van der Waals surface area (Å²) in [6.07, 6.45) is 2.50. The van der Waals surface area contributed by atoms with E-state index in [4.69, 9.17) is 4.42 Å². The molecular formula is C12H14BrN3O. The summed E-state index contributed by atoms with van der Waals surface area (Å²) in [6.45, 7) is 2.73. The van der Waals surface area contributed by atoms with Gasteiger partial charge in [0.15, 0.2) is 0 Å². The lowest BCUT2D eigenvalue weighted by atomic mass is 10.4. The second-order valence-corrected chi connectivity index (χ2v) is 4.57. The van der Waals surface area contributed by atoms with Crippen LogP contribution in [0, 0.1) is 0 Å². The Morgan fingerprint density at radius 1 is 1.41 bits per heavy atom. The Morgan fingerprint density at radius 2 is 2.24 bits per heavy atom. The molecule has 0 aliphatic rings. The molecule has 0 spiro atoms. The van der Waals surface area contributed by atoms with Crippen molar-refractivity contribution in [3.8, 4) is 0 Å². The predicted octanol–water partition coefficient (Wildman–Crippen LogP) is 3.03. The minimum absolute atomic E-state index is 0.694. The number of anilines is 1. The van der Waals surface area contributed by atoms with Crippen LogP contribution in [-0.2, 0) is 13.0 Å². The molecule has 17 heavy (non-hydrogen) atoms. The average molecular weight is 296 g/mol. The van der Waals surface area contributed by atoms with E-state index < -0.39 is 0 Å². The lowest BCUT2D eigenvalue weighted by molar-refractivity contribution is 0.506. The normalized spacial score (nSPS) is 10.5. The second-order valence-electron chi connectivity index (χ2n) is 3.75. The average Bonchev–Trinajstić information content (AvgIpc) is 2.81. The number of nitrogens with zero attached hydrogens (tertiary/aromatic N) is 3. The van der Waals surface area contributed by atoms with Crippen molar-refractivity contribution in [1.82, 2.24) is 9.97 Å². The third-order valence-corrected chi connectivity index (χ3v) is 2.81. The quantitative estimate of drug-likeness (QED) is 0.813. The summed E-state index contributed by atoms with van der Waals surface area (Å²) >= 11 is 3.40. The Morgan fingerprint density at radius 3 is 2.88 bits per heavy atom. The van der Waals surface area contributed by atoms with Gasteiger partial charge in [-0.25, -0.2) is 9.97 Å². The van der Waals surface area contributed by atoms with Gasteiger partial charge in [-0.2, -0.15) is 0 Å². The fourth-order valence-corrected chi connectivity index (χ4v) is 1.93. The molecule has 2 aromatic rings. The van der Waals surface area contributed by atoms with E-state index in [1.54, 1.807) is 6.26 Å². The van der Waals surface area contributed by atoms with Crippen LogP contribution in [0.4, 0.5) is 5.82 Å². The summed E-state index contributed by atoms with van der Waals surface area (Å²) in [5.41, 5.74) is 0. The van der Waals surface area contributed by atoms with Crippen LogP contribution in [0.1, 0.15) is 18.5 Å². The van der Waals surface area contributed by atoms with Crippen LogP contribution >= 0.6 is 15.9 Å². The van der Waals surface area contributed by atoms with Crippen LogP contribution in [0.5, 0.6) is 0 Å². The van der Waals surface area contributed by atoms with E-state index in [9.17, 15) is 0 Å². The van der Waals surface area contributed by atoms with Crippen molar-refractivity contribution in [2.45, 2.75) is 19.9 Å². The molecule has 5 heteroatoms. The molecule has 0 atom stereocenters. The Hall–Kier alpha value is -1.36. The largest absolute Gasteiger partial charge is 0.467 e. The van der Waals surface area contributed by atoms with Crippen molar-refractivity contribution < 1.29 is 4.42 Å². The first-order chi connectivity index (χ1) is 8.19. The topological polar surface area (TPSA) is 42.2 Å². The minimum Gasteiger partial charge on any atom is -0.467 e. The highest BCUT2D eigenvalue weighted by Gasteiger charge is 2.08. The first-order valence-corrected chi connectivity index (χ1v) is 6.25. The van der Waals surface area contributed by atoms with Crippen molar-refractivity contribution in [2.75, 3.05) is 11.9 Å². The summed E-state index contributed by atoms with van der Waals surface area (Å²) in [5.74, 6) is 2.64. The molecule has 2 heterocycles. The number of aromatic nitrogens is 2. The van der Waals surface area contributed by atoms with E-state index in [1.165, 1.54) is 0 Å². The summed E-state index contributed by atoms with van der Waals surface area (Å²) in [6, 6.07) is 5.74. The van der Waals surface area contributed by atoms with Crippen molar-refractivity contribution in [2.24, 2.45) is 0 Å². The molecular weight excluding hydrogens is 282 g/mol. The fourth-order valence-electron chi connectivity index (χ4n) is 1.52. The zero-order valence-electron chi connectivity index (χ0n) is 9.85. The Kier molecular flexibility index (Phi) is 3.78. The SMILES string of the molecule is CCc1nc(Br)cc(N(C)Cc2ccco2)n1. The second kappa shape index (κ2) is 5.31. The van der Waals surface area contributed by atoms with Crippen LogP contribution in [0.25, 0.3) is 0 Å². The van der Waals surface area contributed by atoms with Crippen LogP contribution < -0.4 is 4.90 Å². The molecule has 2 aromatic heterocycles. The predicted molar refractivity (Wildman–Crippen MR) is 69.9 cm³/mol. The Labute approximate surface area is 109 Å². The minimum atomic E-state index is 0.694. The molecule has 0 bridgehead atoms. The first kappa shape index (κ1) is 12.1. The Bertz CT molecular complexity index is 485. The van der Waals surface area contributed by atoms with Gasteiger partial charge in [0.05, 0.1) is 12.8 Å². The van der Waals surface area contributed by atoms with E-state index >= 15 is 0 Å². The van der Waals surface area contributed by atoms with Crippen molar-refractivity contribution >= 4 is 21.7 Å². The number of halogens is 1. The number of rotatable bonds is 4. The van der Waals surface area contributed by atoms with Gasteiger partial charge in [-0.05, 0) is 28.1 Å². The number of aryl methyl sites for hydroxylation is 1. The highest BCUT2D eigenvalue weighted by atomic mass is 79.9. The third kappa shape index (κ3) is 3.06. The maximum Gasteiger partial charge on any atom is 0.133 e. The molecule has 0 N–H and O–H groups in total. The first-order valence-electron chi connectivity index (χ1n) is 5.46. The van der Waals surface area contributed by atoms with E-state index in [0.717, 1.165) is 28.4 Å². The van der Waals surface area contributed by atoms with Crippen molar-refractivity contribution in [1.29, 1.82) is 0 Å². The molecule has 0 saturated heterocycles. The van der Waals surface area contributed by atoms with Gasteiger partial charge in [0.1, 0.15) is 22.0 Å². The molecule has 2 rings (SSSR count). The third-order valence-electron chi connectivity index (χ3n) is 2.41. The van der Waals surface area contributed by atoms with Gasteiger partial charge in [-0.1, -0.05) is 6.92 Å². The van der Waals surface area contributed by atoms with Gasteiger partial charge in [-0.3, -0.25) is 0 Å². The molecule has 0 aliphatic heterocycles. The van der Waals surface area contributed by atoms with E-state index in [1.807, 2.05) is 37.1 Å². The maximum atomic E-state index is 5.32. The molecule has 0 radical (unpaired) electrons. The van der Waals surface area contributed by atoms with Gasteiger partial charge in [0, 0.05) is 19.5 Å². The molecule has 0 aromatic carbocycles. The molecule has 0 unspecified atom stereocenters. The zero-order valence-corrected chi connectivity index (χ0v) is 11.4. The summed E-state index contributed by atoms with van der Waals surface area (Å²) < 4.78 is 6.13. The lowest BCUT2D eigenvalue weighted by Crippen LogP contribution is -2.18. The molecule has 90 valence electrons. The van der Waals surface area contributed by atoms with E-state index in [0.29, 0.717) is 6.54 Å². The highest BCUT2D eigenvalue weighted by Crippen LogP contribution is 2.17. The van der Waals surface area contributed by atoms with Crippen molar-refractivity contribution in [3.05, 3.63) is 40.7 Å². The fraction of sp³-hybridized carbons (Fsp3) is 0.333. The van der Waals surface area contributed by atoms with Gasteiger partial charge >= 0.3 is 0 Å². The summed E-state index contributed by atoms with van der Waals surface area (Å²) in [7, 11) is 1.98. The van der Waals surface area contributed by atoms with Crippen molar-refractivity contribution in [3.63, 3.8) is 0 Å². The maximum absolute atomic E-state index is 5.32. The molecule has 0 saturated carbocycles. The van der Waals surface area contributed by atoms with Crippen LogP contribution in [0.3, 0.4) is 0 Å². The number of hydrogen-bond acceptors (Lipinski definition) is 4. The summed E-state index contributed by atoms with van der Waals surface area (Å²) in [5, 5.41) is 0. The van der Waals surface area contributed by atoms with Crippen LogP contribution in [0.2, 0.25) is 0 Å². The van der Waals surface area contributed by atoms with E-state index in [-0.39, 0.29) is 0 Å². The Balaban J connectivity index is 2.18.